The van der Waals surface area contributed by atoms with Crippen molar-refractivity contribution >= 4 is 33.3 Å². The average Bonchev–Trinajstić information content (AvgIpc) is 3.10. The number of benzene rings is 3. The van der Waals surface area contributed by atoms with Gasteiger partial charge < -0.3 is 34.4 Å². The first-order valence-electron chi connectivity index (χ1n) is 16.5. The SMILES string of the molecule is COc1ccc(NC(=O)N(C)C[C@H]2OCCCC[C@@H](C)Oc3ccc(NS(=O)(=O)c4ccccc4)cc3C(=O)N([C@H](C)CO)C[C@@H]2C)cc1. The van der Waals surface area contributed by atoms with Crippen molar-refractivity contribution < 1.29 is 37.3 Å². The van der Waals surface area contributed by atoms with Gasteiger partial charge in [-0.2, -0.15) is 0 Å². The summed E-state index contributed by atoms with van der Waals surface area (Å²) in [6.07, 6.45) is 1.59. The molecule has 12 nitrogen and oxygen atoms in total. The van der Waals surface area contributed by atoms with E-state index in [1.165, 1.54) is 18.2 Å². The second kappa shape index (κ2) is 17.4. The Morgan fingerprint density at radius 2 is 1.76 bits per heavy atom. The summed E-state index contributed by atoms with van der Waals surface area (Å²) in [5.74, 6) is 0.304. The quantitative estimate of drug-likeness (QED) is 0.268. The molecular weight excluding hydrogens is 648 g/mol. The molecule has 4 rings (SSSR count). The van der Waals surface area contributed by atoms with Gasteiger partial charge in [0.2, 0.25) is 0 Å². The highest BCUT2D eigenvalue weighted by atomic mass is 32.2. The predicted octanol–water partition coefficient (Wildman–Crippen LogP) is 5.46. The number of aliphatic hydroxyl groups excluding tert-OH is 1. The minimum Gasteiger partial charge on any atom is -0.497 e. The molecule has 3 N–H and O–H groups in total. The van der Waals surface area contributed by atoms with E-state index in [0.717, 1.165) is 12.8 Å². The van der Waals surface area contributed by atoms with Gasteiger partial charge >= 0.3 is 6.03 Å². The number of hydrogen-bond acceptors (Lipinski definition) is 8. The Balaban J connectivity index is 1.60. The number of methoxy groups -OCH3 is 1. The lowest BCUT2D eigenvalue weighted by Crippen LogP contribution is -2.48. The first-order valence-corrected chi connectivity index (χ1v) is 18.0. The largest absolute Gasteiger partial charge is 0.497 e. The van der Waals surface area contributed by atoms with Gasteiger partial charge in [-0.3, -0.25) is 9.52 Å². The van der Waals surface area contributed by atoms with Gasteiger partial charge in [-0.15, -0.1) is 0 Å². The summed E-state index contributed by atoms with van der Waals surface area (Å²) < 4.78 is 46.6. The van der Waals surface area contributed by atoms with E-state index in [9.17, 15) is 23.1 Å². The number of amides is 3. The van der Waals surface area contributed by atoms with Crippen LogP contribution in [0.25, 0.3) is 0 Å². The number of hydrogen-bond donors (Lipinski definition) is 3. The van der Waals surface area contributed by atoms with Crippen molar-refractivity contribution in [3.05, 3.63) is 78.4 Å². The standard InChI is InChI=1S/C36H48N4O8S/c1-25-22-40(26(2)24-41)35(42)32-21-29(38-49(44,45)31-12-7-6-8-13-31)16-19-33(32)48-27(3)11-9-10-20-47-34(25)23-39(4)36(43)37-28-14-17-30(46-5)18-15-28/h6-8,12-19,21,25-27,34,38,41H,9-11,20,22-24H2,1-5H3,(H,37,43)/t25-,26+,27+,34+/m0/s1. The molecule has 3 aromatic rings. The number of sulfonamides is 1. The van der Waals surface area contributed by atoms with Crippen LogP contribution >= 0.6 is 0 Å². The molecule has 49 heavy (non-hydrogen) atoms. The van der Waals surface area contributed by atoms with Crippen LogP contribution in [-0.4, -0.2) is 94.0 Å². The molecule has 0 unspecified atom stereocenters. The van der Waals surface area contributed by atoms with Crippen LogP contribution in [0.5, 0.6) is 11.5 Å². The molecule has 0 radical (unpaired) electrons. The van der Waals surface area contributed by atoms with Crippen molar-refractivity contribution in [2.24, 2.45) is 5.92 Å². The minimum absolute atomic E-state index is 0.0873. The van der Waals surface area contributed by atoms with E-state index in [1.54, 1.807) is 85.5 Å². The Morgan fingerprint density at radius 1 is 1.06 bits per heavy atom. The summed E-state index contributed by atoms with van der Waals surface area (Å²) in [5.41, 5.74) is 0.980. The third kappa shape index (κ3) is 10.3. The van der Waals surface area contributed by atoms with Crippen LogP contribution in [0, 0.1) is 5.92 Å². The molecular formula is C36H48N4O8S. The summed E-state index contributed by atoms with van der Waals surface area (Å²) in [6, 6.07) is 18.7. The monoisotopic (exact) mass is 696 g/mol. The number of nitrogens with one attached hydrogen (secondary N) is 2. The Kier molecular flexibility index (Phi) is 13.3. The third-order valence-corrected chi connectivity index (χ3v) is 9.90. The Hall–Kier alpha value is -4.33. The number of fused-ring (bicyclic) bond motifs is 1. The van der Waals surface area contributed by atoms with Crippen LogP contribution in [0.2, 0.25) is 0 Å². The second-order valence-electron chi connectivity index (χ2n) is 12.5. The van der Waals surface area contributed by atoms with Crippen molar-refractivity contribution in [1.29, 1.82) is 0 Å². The van der Waals surface area contributed by atoms with Crippen molar-refractivity contribution in [3.8, 4) is 11.5 Å². The molecule has 0 aromatic heterocycles. The van der Waals surface area contributed by atoms with E-state index in [2.05, 4.69) is 10.0 Å². The zero-order valence-electron chi connectivity index (χ0n) is 28.8. The molecule has 0 saturated carbocycles. The number of likely N-dealkylation sites (N-methyl/N-ethyl adjacent to an activating group) is 1. The second-order valence-corrected chi connectivity index (χ2v) is 14.2. The van der Waals surface area contributed by atoms with Crippen LogP contribution in [0.3, 0.4) is 0 Å². The fourth-order valence-corrected chi connectivity index (χ4v) is 6.58. The van der Waals surface area contributed by atoms with Crippen LogP contribution in [-0.2, 0) is 14.8 Å². The van der Waals surface area contributed by atoms with Crippen LogP contribution in [0.15, 0.2) is 77.7 Å². The van der Waals surface area contributed by atoms with E-state index < -0.39 is 28.1 Å². The van der Waals surface area contributed by atoms with Crippen molar-refractivity contribution in [2.45, 2.75) is 63.2 Å². The molecule has 0 spiro atoms. The van der Waals surface area contributed by atoms with E-state index in [0.29, 0.717) is 30.2 Å². The smallest absolute Gasteiger partial charge is 0.321 e. The predicted molar refractivity (Wildman–Crippen MR) is 189 cm³/mol. The lowest BCUT2D eigenvalue weighted by atomic mass is 10.0. The maximum atomic E-state index is 14.4. The number of aliphatic hydroxyl groups is 1. The van der Waals surface area contributed by atoms with Crippen LogP contribution < -0.4 is 19.5 Å². The summed E-state index contributed by atoms with van der Waals surface area (Å²) in [5, 5.41) is 13.1. The number of carbonyl (C=O) groups is 2. The fraction of sp³-hybridized carbons (Fsp3) is 0.444. The molecule has 0 saturated heterocycles. The number of carbonyl (C=O) groups excluding carboxylic acids is 2. The highest BCUT2D eigenvalue weighted by Crippen LogP contribution is 2.29. The van der Waals surface area contributed by atoms with E-state index in [1.807, 2.05) is 13.8 Å². The molecule has 0 fully saturated rings. The van der Waals surface area contributed by atoms with Gasteiger partial charge in [0.15, 0.2) is 0 Å². The van der Waals surface area contributed by atoms with Gasteiger partial charge in [0.25, 0.3) is 15.9 Å². The summed E-state index contributed by atoms with van der Waals surface area (Å²) in [4.78, 5) is 30.7. The Morgan fingerprint density at radius 3 is 2.43 bits per heavy atom. The summed E-state index contributed by atoms with van der Waals surface area (Å²) in [7, 11) is -0.662. The van der Waals surface area contributed by atoms with Gasteiger partial charge in [-0.25, -0.2) is 13.2 Å². The van der Waals surface area contributed by atoms with Crippen molar-refractivity contribution in [2.75, 3.05) is 50.5 Å². The number of urea groups is 1. The van der Waals surface area contributed by atoms with E-state index in [-0.39, 0.29) is 53.9 Å². The Bertz CT molecular complexity index is 1640. The molecule has 1 heterocycles. The molecule has 266 valence electrons. The van der Waals surface area contributed by atoms with E-state index in [4.69, 9.17) is 14.2 Å². The molecule has 0 aliphatic carbocycles. The molecule has 3 amide bonds. The number of ether oxygens (including phenoxy) is 3. The molecule has 4 atom stereocenters. The maximum absolute atomic E-state index is 14.4. The van der Waals surface area contributed by atoms with Gasteiger partial charge in [0.1, 0.15) is 11.5 Å². The lowest BCUT2D eigenvalue weighted by Gasteiger charge is -2.35. The minimum atomic E-state index is -3.92. The third-order valence-electron chi connectivity index (χ3n) is 8.50. The highest BCUT2D eigenvalue weighted by molar-refractivity contribution is 7.92. The normalized spacial score (nSPS) is 19.8. The fourth-order valence-electron chi connectivity index (χ4n) is 5.51. The summed E-state index contributed by atoms with van der Waals surface area (Å²) in [6.45, 7) is 6.20. The molecule has 1 aliphatic rings. The Labute approximate surface area is 289 Å². The van der Waals surface area contributed by atoms with Gasteiger partial charge in [0, 0.05) is 44.0 Å². The molecule has 13 heteroatoms. The molecule has 3 aromatic carbocycles. The number of anilines is 2. The number of rotatable bonds is 9. The zero-order valence-corrected chi connectivity index (χ0v) is 29.6. The van der Waals surface area contributed by atoms with Crippen LogP contribution in [0.4, 0.5) is 16.2 Å². The lowest BCUT2D eigenvalue weighted by molar-refractivity contribution is -0.0115. The van der Waals surface area contributed by atoms with Crippen molar-refractivity contribution in [1.82, 2.24) is 9.80 Å². The molecule has 1 aliphatic heterocycles. The first-order chi connectivity index (χ1) is 23.4. The summed E-state index contributed by atoms with van der Waals surface area (Å²) >= 11 is 0. The zero-order chi connectivity index (χ0) is 35.6. The first kappa shape index (κ1) is 37.5. The topological polar surface area (TPSA) is 147 Å². The molecule has 0 bridgehead atoms. The van der Waals surface area contributed by atoms with Gasteiger partial charge in [0.05, 0.1) is 42.4 Å². The van der Waals surface area contributed by atoms with Crippen LogP contribution in [0.1, 0.15) is 50.4 Å². The van der Waals surface area contributed by atoms with Crippen molar-refractivity contribution in [3.63, 3.8) is 0 Å². The van der Waals surface area contributed by atoms with Gasteiger partial charge in [-0.05, 0) is 87.7 Å². The maximum Gasteiger partial charge on any atom is 0.321 e. The van der Waals surface area contributed by atoms with Gasteiger partial charge in [-0.1, -0.05) is 25.1 Å². The highest BCUT2D eigenvalue weighted by Gasteiger charge is 2.31. The number of nitrogens with zero attached hydrogens (tertiary/aromatic N) is 2. The average molecular weight is 697 g/mol. The van der Waals surface area contributed by atoms with E-state index >= 15 is 0 Å².